The summed E-state index contributed by atoms with van der Waals surface area (Å²) in [5.41, 5.74) is 0. The van der Waals surface area contributed by atoms with Crippen molar-refractivity contribution in [2.75, 3.05) is 14.1 Å². The number of rotatable bonds is 6. The van der Waals surface area contributed by atoms with Gasteiger partial charge in [0, 0.05) is 19.3 Å². The van der Waals surface area contributed by atoms with E-state index in [0.717, 1.165) is 14.1 Å². The second kappa shape index (κ2) is 6.65. The molecule has 112 valence electrons. The van der Waals surface area contributed by atoms with Gasteiger partial charge < -0.3 is 0 Å². The topological polar surface area (TPSA) is 57.7 Å². The maximum atomic E-state index is 12.6. The lowest BCUT2D eigenvalue weighted by Crippen LogP contribution is -2.39. The van der Waals surface area contributed by atoms with Crippen LogP contribution in [0.5, 0.6) is 0 Å². The van der Waals surface area contributed by atoms with Gasteiger partial charge in [-0.05, 0) is 6.42 Å². The first-order chi connectivity index (χ1) is 8.50. The number of hydrogen-bond acceptors (Lipinski definition) is 4. The van der Waals surface area contributed by atoms with Crippen LogP contribution in [0.15, 0.2) is 0 Å². The van der Waals surface area contributed by atoms with Gasteiger partial charge in [-0.25, -0.2) is 0 Å². The molecule has 19 heavy (non-hydrogen) atoms. The molecule has 0 aromatic carbocycles. The van der Waals surface area contributed by atoms with E-state index in [9.17, 15) is 27.3 Å². The predicted molar refractivity (Wildman–Crippen MR) is 67.6 cm³/mol. The number of alkyl halides is 3. The van der Waals surface area contributed by atoms with Gasteiger partial charge in [-0.2, -0.15) is 13.2 Å². The van der Waals surface area contributed by atoms with Crippen molar-refractivity contribution in [1.82, 2.24) is 9.34 Å². The second-order valence-corrected chi connectivity index (χ2v) is 9.11. The molecular weight excluding hydrogens is 304 g/mol. The fourth-order valence-corrected chi connectivity index (χ4v) is 5.88. The average Bonchev–Trinajstić information content (AvgIpc) is 2.34. The van der Waals surface area contributed by atoms with Crippen LogP contribution in [0.4, 0.5) is 13.2 Å². The molecule has 0 rings (SSSR count). The molecule has 0 saturated heterocycles. The van der Waals surface area contributed by atoms with E-state index in [4.69, 9.17) is 0 Å². The molecular formula is C9H16F3N2O3PS. The third kappa shape index (κ3) is 4.42. The molecule has 10 heteroatoms. The molecule has 0 aliphatic rings. The fraction of sp³-hybridized carbons (Fsp3) is 0.778. The molecule has 2 atom stereocenters. The molecule has 0 aliphatic heterocycles. The van der Waals surface area contributed by atoms with E-state index in [1.54, 1.807) is 13.8 Å². The van der Waals surface area contributed by atoms with Crippen LogP contribution in [0.25, 0.3) is 0 Å². The van der Waals surface area contributed by atoms with Gasteiger partial charge >= 0.3 is 18.7 Å². The normalized spacial score (nSPS) is 16.4. The lowest BCUT2D eigenvalue weighted by molar-refractivity contribution is -0.179. The summed E-state index contributed by atoms with van der Waals surface area (Å²) in [6, 6.07) is 0. The SMILES string of the molecule is CCC(C)SP(=O)(N(C)C=O)N(C)C(=O)C(F)(F)F. The number of amides is 2. The Morgan fingerprint density at radius 1 is 1.42 bits per heavy atom. The van der Waals surface area contributed by atoms with Crippen LogP contribution in [0, 0.1) is 0 Å². The Bertz CT molecular complexity index is 391. The fourth-order valence-electron chi connectivity index (χ4n) is 1.02. The summed E-state index contributed by atoms with van der Waals surface area (Å²) in [7, 11) is 1.87. The molecule has 0 radical (unpaired) electrons. The van der Waals surface area contributed by atoms with Crippen molar-refractivity contribution in [2.24, 2.45) is 0 Å². The van der Waals surface area contributed by atoms with Gasteiger partial charge in [-0.3, -0.25) is 23.5 Å². The summed E-state index contributed by atoms with van der Waals surface area (Å²) >= 11 is 0.688. The zero-order valence-electron chi connectivity index (χ0n) is 11.0. The van der Waals surface area contributed by atoms with E-state index in [2.05, 4.69) is 0 Å². The van der Waals surface area contributed by atoms with Crippen molar-refractivity contribution in [3.05, 3.63) is 0 Å². The first kappa shape index (κ1) is 18.3. The minimum absolute atomic E-state index is 0.109. The minimum Gasteiger partial charge on any atom is -0.278 e. The summed E-state index contributed by atoms with van der Waals surface area (Å²) in [5, 5.41) is -0.267. The van der Waals surface area contributed by atoms with E-state index >= 15 is 0 Å². The Kier molecular flexibility index (Phi) is 6.41. The smallest absolute Gasteiger partial charge is 0.278 e. The Labute approximate surface area is 113 Å². The summed E-state index contributed by atoms with van der Waals surface area (Å²) in [6.45, 7) is -0.568. The van der Waals surface area contributed by atoms with E-state index in [1.165, 1.54) is 0 Å². The lowest BCUT2D eigenvalue weighted by atomic mass is 10.4. The number of carbonyl (C=O) groups is 2. The lowest BCUT2D eigenvalue weighted by Gasteiger charge is -2.33. The molecule has 2 amide bonds. The highest BCUT2D eigenvalue weighted by atomic mass is 32.7. The van der Waals surface area contributed by atoms with Gasteiger partial charge in [0.1, 0.15) is 0 Å². The summed E-state index contributed by atoms with van der Waals surface area (Å²) in [6.07, 6.45) is -4.45. The first-order valence-corrected chi connectivity index (χ1v) is 8.42. The van der Waals surface area contributed by atoms with Crippen LogP contribution in [0.1, 0.15) is 20.3 Å². The van der Waals surface area contributed by atoms with Crippen LogP contribution in [-0.4, -0.2) is 47.2 Å². The molecule has 0 saturated carbocycles. The van der Waals surface area contributed by atoms with Crippen molar-refractivity contribution >= 4 is 30.3 Å². The Morgan fingerprint density at radius 3 is 2.21 bits per heavy atom. The van der Waals surface area contributed by atoms with Crippen molar-refractivity contribution < 1.29 is 27.3 Å². The largest absolute Gasteiger partial charge is 0.471 e. The molecule has 0 N–H and O–H groups in total. The van der Waals surface area contributed by atoms with Crippen LogP contribution in [0.3, 0.4) is 0 Å². The maximum Gasteiger partial charge on any atom is 0.471 e. The number of hydrogen-bond donors (Lipinski definition) is 0. The van der Waals surface area contributed by atoms with Crippen LogP contribution in [0.2, 0.25) is 0 Å². The van der Waals surface area contributed by atoms with E-state index in [-0.39, 0.29) is 16.3 Å². The van der Waals surface area contributed by atoms with Gasteiger partial charge in [0.15, 0.2) is 0 Å². The maximum absolute atomic E-state index is 12.6. The Balaban J connectivity index is 5.43. The van der Waals surface area contributed by atoms with Gasteiger partial charge in [-0.1, -0.05) is 25.2 Å². The van der Waals surface area contributed by atoms with Gasteiger partial charge in [0.2, 0.25) is 6.41 Å². The van der Waals surface area contributed by atoms with Gasteiger partial charge in [0.05, 0.1) is 0 Å². The van der Waals surface area contributed by atoms with Gasteiger partial charge in [-0.15, -0.1) is 0 Å². The summed E-state index contributed by atoms with van der Waals surface area (Å²) < 4.78 is 50.5. The summed E-state index contributed by atoms with van der Waals surface area (Å²) in [5.74, 6) is -2.24. The monoisotopic (exact) mass is 320 g/mol. The zero-order chi connectivity index (χ0) is 15.4. The van der Waals surface area contributed by atoms with Crippen molar-refractivity contribution in [2.45, 2.75) is 31.7 Å². The quantitative estimate of drug-likeness (QED) is 0.558. The van der Waals surface area contributed by atoms with E-state index < -0.39 is 18.7 Å². The highest BCUT2D eigenvalue weighted by Gasteiger charge is 2.49. The predicted octanol–water partition coefficient (Wildman–Crippen LogP) is 2.74. The third-order valence-corrected chi connectivity index (χ3v) is 8.57. The Morgan fingerprint density at radius 2 is 1.89 bits per heavy atom. The molecule has 0 aromatic heterocycles. The third-order valence-electron chi connectivity index (χ3n) is 2.36. The van der Waals surface area contributed by atoms with Crippen LogP contribution < -0.4 is 0 Å². The molecule has 0 spiro atoms. The average molecular weight is 320 g/mol. The van der Waals surface area contributed by atoms with Crippen LogP contribution >= 0.6 is 18.0 Å². The molecule has 5 nitrogen and oxygen atoms in total. The number of carbonyl (C=O) groups excluding carboxylic acids is 2. The van der Waals surface area contributed by atoms with Crippen LogP contribution in [-0.2, 0) is 14.2 Å². The number of nitrogens with zero attached hydrogens (tertiary/aromatic N) is 2. The molecule has 0 fully saturated rings. The zero-order valence-corrected chi connectivity index (χ0v) is 12.7. The first-order valence-electron chi connectivity index (χ1n) is 5.33. The van der Waals surface area contributed by atoms with Crippen molar-refractivity contribution in [3.8, 4) is 0 Å². The highest BCUT2D eigenvalue weighted by Crippen LogP contribution is 2.64. The summed E-state index contributed by atoms with van der Waals surface area (Å²) in [4.78, 5) is 21.9. The second-order valence-electron chi connectivity index (χ2n) is 3.82. The molecule has 0 bridgehead atoms. The molecule has 2 unspecified atom stereocenters. The minimum atomic E-state index is -5.13. The van der Waals surface area contributed by atoms with E-state index in [0.29, 0.717) is 22.5 Å². The number of halogens is 3. The molecule has 0 heterocycles. The Hall–Kier alpha value is -0.690. The molecule has 0 aliphatic carbocycles. The highest BCUT2D eigenvalue weighted by molar-refractivity contribution is 8.57. The van der Waals surface area contributed by atoms with Crippen molar-refractivity contribution in [3.63, 3.8) is 0 Å². The van der Waals surface area contributed by atoms with Gasteiger partial charge in [0.25, 0.3) is 0 Å². The van der Waals surface area contributed by atoms with E-state index in [1.807, 2.05) is 0 Å². The standard InChI is InChI=1S/C9H16F3N2O3PS/c1-5-7(2)19-18(17,13(3)6-15)14(4)8(16)9(10,11)12/h6-7H,5H2,1-4H3. The van der Waals surface area contributed by atoms with Crippen molar-refractivity contribution in [1.29, 1.82) is 0 Å². The molecule has 0 aromatic rings.